The van der Waals surface area contributed by atoms with Gasteiger partial charge >= 0.3 is 0 Å². The number of carbonyl (C=O) groups is 1. The second-order valence-corrected chi connectivity index (χ2v) is 7.15. The zero-order valence-corrected chi connectivity index (χ0v) is 13.1. The van der Waals surface area contributed by atoms with Gasteiger partial charge in [0.25, 0.3) is 0 Å². The summed E-state index contributed by atoms with van der Waals surface area (Å²) in [7, 11) is 0. The Morgan fingerprint density at radius 1 is 1.20 bits per heavy atom. The van der Waals surface area contributed by atoms with E-state index in [0.717, 1.165) is 25.2 Å². The largest absolute Gasteiger partial charge is 0.353 e. The molecule has 3 N–H and O–H groups in total. The lowest BCUT2D eigenvalue weighted by Gasteiger charge is -2.36. The molecule has 0 saturated heterocycles. The molecule has 1 amide bonds. The Morgan fingerprint density at radius 3 is 2.60 bits per heavy atom. The van der Waals surface area contributed by atoms with Gasteiger partial charge in [-0.05, 0) is 43.6 Å². The zero-order valence-electron chi connectivity index (χ0n) is 13.1. The molecule has 0 radical (unpaired) electrons. The highest BCUT2D eigenvalue weighted by molar-refractivity contribution is 5.77. The predicted octanol–water partition coefficient (Wildman–Crippen LogP) is 3.37. The summed E-state index contributed by atoms with van der Waals surface area (Å²) in [6.45, 7) is 2.93. The van der Waals surface area contributed by atoms with Crippen LogP contribution in [-0.4, -0.2) is 18.5 Å². The van der Waals surface area contributed by atoms with Crippen molar-refractivity contribution in [3.63, 3.8) is 0 Å². The highest BCUT2D eigenvalue weighted by Gasteiger charge is 2.33. The van der Waals surface area contributed by atoms with Crippen molar-refractivity contribution in [2.45, 2.75) is 83.6 Å². The fourth-order valence-corrected chi connectivity index (χ4v) is 4.17. The quantitative estimate of drug-likeness (QED) is 0.811. The first-order chi connectivity index (χ1) is 9.67. The molecular weight excluding hydrogens is 248 g/mol. The molecule has 0 bridgehead atoms. The topological polar surface area (TPSA) is 55.1 Å². The molecule has 3 heteroatoms. The fourth-order valence-electron chi connectivity index (χ4n) is 4.17. The van der Waals surface area contributed by atoms with Crippen molar-refractivity contribution in [3.8, 4) is 0 Å². The minimum atomic E-state index is 0.0984. The SMILES string of the molecule is CCC1CCCC(NC(=O)CC2(CN)CCCCC2)C1. The summed E-state index contributed by atoms with van der Waals surface area (Å²) in [5.74, 6) is 1.06. The second-order valence-electron chi connectivity index (χ2n) is 7.15. The lowest BCUT2D eigenvalue weighted by molar-refractivity contribution is -0.124. The van der Waals surface area contributed by atoms with Gasteiger partial charge in [-0.1, -0.05) is 45.4 Å². The van der Waals surface area contributed by atoms with Gasteiger partial charge in [0.2, 0.25) is 5.91 Å². The lowest BCUT2D eigenvalue weighted by Crippen LogP contribution is -2.43. The molecule has 2 fully saturated rings. The summed E-state index contributed by atoms with van der Waals surface area (Å²) in [4.78, 5) is 12.4. The molecule has 2 unspecified atom stereocenters. The maximum absolute atomic E-state index is 12.4. The Bertz CT molecular complexity index is 310. The summed E-state index contributed by atoms with van der Waals surface area (Å²) in [6, 6.07) is 0.416. The van der Waals surface area contributed by atoms with E-state index in [1.54, 1.807) is 0 Å². The Labute approximate surface area is 124 Å². The number of hydrogen-bond acceptors (Lipinski definition) is 2. The third-order valence-electron chi connectivity index (χ3n) is 5.61. The molecule has 0 heterocycles. The second kappa shape index (κ2) is 7.44. The predicted molar refractivity (Wildman–Crippen MR) is 83.4 cm³/mol. The van der Waals surface area contributed by atoms with Crippen molar-refractivity contribution < 1.29 is 4.79 Å². The Morgan fingerprint density at radius 2 is 1.95 bits per heavy atom. The first-order valence-electron chi connectivity index (χ1n) is 8.67. The molecule has 2 saturated carbocycles. The molecule has 2 aliphatic rings. The minimum Gasteiger partial charge on any atom is -0.353 e. The van der Waals surface area contributed by atoms with Gasteiger partial charge in [0, 0.05) is 12.5 Å². The maximum Gasteiger partial charge on any atom is 0.220 e. The van der Waals surface area contributed by atoms with Crippen LogP contribution in [-0.2, 0) is 4.79 Å². The van der Waals surface area contributed by atoms with Crippen molar-refractivity contribution in [3.05, 3.63) is 0 Å². The van der Waals surface area contributed by atoms with Gasteiger partial charge in [0.15, 0.2) is 0 Å². The van der Waals surface area contributed by atoms with Gasteiger partial charge in [-0.2, -0.15) is 0 Å². The summed E-state index contributed by atoms with van der Waals surface area (Å²) in [5.41, 5.74) is 6.08. The normalized spacial score (nSPS) is 29.9. The zero-order chi connectivity index (χ0) is 14.4. The van der Waals surface area contributed by atoms with Crippen LogP contribution in [0, 0.1) is 11.3 Å². The van der Waals surface area contributed by atoms with Crippen LogP contribution in [0.4, 0.5) is 0 Å². The number of carbonyl (C=O) groups excluding carboxylic acids is 1. The van der Waals surface area contributed by atoms with Crippen LogP contribution in [0.25, 0.3) is 0 Å². The number of nitrogens with one attached hydrogen (secondary N) is 1. The van der Waals surface area contributed by atoms with Crippen LogP contribution in [0.15, 0.2) is 0 Å². The van der Waals surface area contributed by atoms with E-state index in [9.17, 15) is 4.79 Å². The van der Waals surface area contributed by atoms with Gasteiger partial charge in [0.05, 0.1) is 0 Å². The molecular formula is C17H32N2O. The van der Waals surface area contributed by atoms with Crippen molar-refractivity contribution in [1.29, 1.82) is 0 Å². The summed E-state index contributed by atoms with van der Waals surface area (Å²) in [6.07, 6.45) is 12.9. The van der Waals surface area contributed by atoms with Gasteiger partial charge in [-0.3, -0.25) is 4.79 Å². The van der Waals surface area contributed by atoms with Gasteiger partial charge in [-0.15, -0.1) is 0 Å². The van der Waals surface area contributed by atoms with Crippen LogP contribution in [0.1, 0.15) is 77.6 Å². The Hall–Kier alpha value is -0.570. The highest BCUT2D eigenvalue weighted by Crippen LogP contribution is 2.38. The first kappa shape index (κ1) is 15.8. The number of rotatable bonds is 5. The summed E-state index contributed by atoms with van der Waals surface area (Å²) >= 11 is 0. The van der Waals surface area contributed by atoms with E-state index in [1.165, 1.54) is 44.9 Å². The lowest BCUT2D eigenvalue weighted by atomic mass is 9.71. The molecule has 3 nitrogen and oxygen atoms in total. The average Bonchev–Trinajstić information content (AvgIpc) is 2.48. The highest BCUT2D eigenvalue weighted by atomic mass is 16.1. The maximum atomic E-state index is 12.4. The monoisotopic (exact) mass is 280 g/mol. The van der Waals surface area contributed by atoms with Crippen molar-refractivity contribution in [1.82, 2.24) is 5.32 Å². The average molecular weight is 280 g/mol. The molecule has 116 valence electrons. The van der Waals surface area contributed by atoms with Crippen molar-refractivity contribution in [2.75, 3.05) is 6.54 Å². The molecule has 2 atom stereocenters. The van der Waals surface area contributed by atoms with E-state index in [0.29, 0.717) is 19.0 Å². The van der Waals surface area contributed by atoms with Crippen LogP contribution >= 0.6 is 0 Å². The molecule has 0 spiro atoms. The summed E-state index contributed by atoms with van der Waals surface area (Å²) < 4.78 is 0. The van der Waals surface area contributed by atoms with E-state index < -0.39 is 0 Å². The van der Waals surface area contributed by atoms with Crippen molar-refractivity contribution >= 4 is 5.91 Å². The third-order valence-corrected chi connectivity index (χ3v) is 5.61. The van der Waals surface area contributed by atoms with Crippen LogP contribution in [0.5, 0.6) is 0 Å². The smallest absolute Gasteiger partial charge is 0.220 e. The third kappa shape index (κ3) is 4.21. The molecule has 0 aromatic rings. The van der Waals surface area contributed by atoms with E-state index in [2.05, 4.69) is 12.2 Å². The molecule has 0 aliphatic heterocycles. The van der Waals surface area contributed by atoms with Gasteiger partial charge < -0.3 is 11.1 Å². The van der Waals surface area contributed by atoms with E-state index in [-0.39, 0.29) is 11.3 Å². The minimum absolute atomic E-state index is 0.0984. The molecule has 0 aromatic carbocycles. The molecule has 2 aliphatic carbocycles. The van der Waals surface area contributed by atoms with Crippen LogP contribution in [0.3, 0.4) is 0 Å². The first-order valence-corrected chi connectivity index (χ1v) is 8.67. The van der Waals surface area contributed by atoms with Crippen molar-refractivity contribution in [2.24, 2.45) is 17.1 Å². The number of amides is 1. The Kier molecular flexibility index (Phi) is 5.88. The van der Waals surface area contributed by atoms with E-state index in [1.807, 2.05) is 0 Å². The Balaban J connectivity index is 1.81. The summed E-state index contributed by atoms with van der Waals surface area (Å²) in [5, 5.41) is 3.30. The molecule has 0 aromatic heterocycles. The van der Waals surface area contributed by atoms with Gasteiger partial charge in [0.1, 0.15) is 0 Å². The van der Waals surface area contributed by atoms with Crippen LogP contribution < -0.4 is 11.1 Å². The number of nitrogens with two attached hydrogens (primary N) is 1. The molecule has 20 heavy (non-hydrogen) atoms. The van der Waals surface area contributed by atoms with Gasteiger partial charge in [-0.25, -0.2) is 0 Å². The standard InChI is InChI=1S/C17H32N2O/c1-2-14-7-6-8-15(11-14)19-16(20)12-17(13-18)9-4-3-5-10-17/h14-15H,2-13,18H2,1H3,(H,19,20). The van der Waals surface area contributed by atoms with E-state index >= 15 is 0 Å². The number of hydrogen-bond donors (Lipinski definition) is 2. The van der Waals surface area contributed by atoms with Crippen LogP contribution in [0.2, 0.25) is 0 Å². The van der Waals surface area contributed by atoms with E-state index in [4.69, 9.17) is 5.73 Å². The fraction of sp³-hybridized carbons (Fsp3) is 0.941. The molecule has 2 rings (SSSR count).